The number of nitrogens with two attached hydrogens (primary N) is 2. The minimum Gasteiger partial charge on any atom is -0.387 e. The molecule has 0 bridgehead atoms. The van der Waals surface area contributed by atoms with E-state index in [4.69, 9.17) is 21.1 Å². The molecule has 0 aliphatic carbocycles. The highest BCUT2D eigenvalue weighted by atomic mass is 31.2. The Labute approximate surface area is 125 Å². The summed E-state index contributed by atoms with van der Waals surface area (Å²) in [6, 6.07) is 0. The van der Waals surface area contributed by atoms with E-state index in [0.717, 1.165) is 17.6 Å². The molecule has 1 aromatic rings. The van der Waals surface area contributed by atoms with Gasteiger partial charge in [0.05, 0.1) is 12.9 Å². The summed E-state index contributed by atoms with van der Waals surface area (Å²) in [7, 11) is -3.75. The average molecular weight is 336 g/mol. The third kappa shape index (κ3) is 3.29. The zero-order valence-electron chi connectivity index (χ0n) is 11.6. The third-order valence-corrected chi connectivity index (χ3v) is 3.78. The molecule has 1 aliphatic rings. The minimum absolute atomic E-state index is 0.131. The largest absolute Gasteiger partial charge is 0.387 e. The van der Waals surface area contributed by atoms with Crippen molar-refractivity contribution in [2.45, 2.75) is 24.5 Å². The van der Waals surface area contributed by atoms with E-state index in [1.807, 2.05) is 0 Å². The number of amides is 1. The lowest BCUT2D eigenvalue weighted by atomic mass is 10.1. The van der Waals surface area contributed by atoms with Gasteiger partial charge in [0, 0.05) is 6.66 Å². The first-order valence-corrected chi connectivity index (χ1v) is 8.23. The lowest BCUT2D eigenvalue weighted by Crippen LogP contribution is -2.33. The minimum atomic E-state index is -3.75. The Kier molecular flexibility index (Phi) is 4.57. The van der Waals surface area contributed by atoms with Crippen LogP contribution in [-0.4, -0.2) is 62.1 Å². The summed E-state index contributed by atoms with van der Waals surface area (Å²) < 4.78 is 22.3. The number of nitrogen functional groups attached to an aromatic ring is 1. The molecule has 0 saturated carbocycles. The predicted molar refractivity (Wildman–Crippen MR) is 72.8 cm³/mol. The Morgan fingerprint density at radius 1 is 1.55 bits per heavy atom. The van der Waals surface area contributed by atoms with Crippen molar-refractivity contribution in [2.24, 2.45) is 5.73 Å². The number of aromatic nitrogens is 2. The molecule has 1 unspecified atom stereocenters. The molecule has 1 fully saturated rings. The van der Waals surface area contributed by atoms with Crippen molar-refractivity contribution in [1.29, 1.82) is 0 Å². The molecule has 7 N–H and O–H groups in total. The van der Waals surface area contributed by atoms with Gasteiger partial charge in [0.1, 0.15) is 24.1 Å². The maximum absolute atomic E-state index is 11.1. The molecule has 5 atom stereocenters. The van der Waals surface area contributed by atoms with Gasteiger partial charge in [0.15, 0.2) is 11.9 Å². The fourth-order valence-corrected chi connectivity index (χ4v) is 2.50. The number of aliphatic hydroxyl groups is 2. The molecule has 1 aromatic heterocycles. The molecule has 1 aliphatic heterocycles. The van der Waals surface area contributed by atoms with Crippen LogP contribution in [0.2, 0.25) is 0 Å². The van der Waals surface area contributed by atoms with E-state index < -0.39 is 44.6 Å². The van der Waals surface area contributed by atoms with Gasteiger partial charge in [-0.1, -0.05) is 0 Å². The molecule has 2 heterocycles. The Morgan fingerprint density at radius 2 is 2.18 bits per heavy atom. The number of nitrogens with zero attached hydrogens (tertiary/aromatic N) is 2. The topological polar surface area (TPSA) is 183 Å². The maximum atomic E-state index is 11.1. The van der Waals surface area contributed by atoms with Gasteiger partial charge in [0.2, 0.25) is 0 Å². The van der Waals surface area contributed by atoms with E-state index >= 15 is 0 Å². The van der Waals surface area contributed by atoms with Gasteiger partial charge in [0.25, 0.3) is 5.91 Å². The number of imidazole rings is 1. The first-order valence-electron chi connectivity index (χ1n) is 6.20. The fraction of sp³-hybridized carbons (Fsp3) is 0.600. The van der Waals surface area contributed by atoms with E-state index in [0.29, 0.717) is 0 Å². The highest BCUT2D eigenvalue weighted by molar-refractivity contribution is 7.51. The summed E-state index contributed by atoms with van der Waals surface area (Å²) in [5.74, 6) is -0.981. The van der Waals surface area contributed by atoms with E-state index in [9.17, 15) is 19.6 Å². The number of rotatable bonds is 5. The molecule has 0 aromatic carbocycles. The van der Waals surface area contributed by atoms with Crippen molar-refractivity contribution in [3.05, 3.63) is 12.0 Å². The van der Waals surface area contributed by atoms with E-state index in [1.54, 1.807) is 0 Å². The van der Waals surface area contributed by atoms with Crippen LogP contribution in [0.25, 0.3) is 0 Å². The number of ether oxygens (including phenoxy) is 1. The predicted octanol–water partition coefficient (Wildman–Crippen LogP) is -1.98. The summed E-state index contributed by atoms with van der Waals surface area (Å²) in [4.78, 5) is 23.9. The summed E-state index contributed by atoms with van der Waals surface area (Å²) in [6.07, 6.45) is -3.84. The van der Waals surface area contributed by atoms with Gasteiger partial charge in [-0.05, 0) is 0 Å². The van der Waals surface area contributed by atoms with Crippen LogP contribution in [0.3, 0.4) is 0 Å². The van der Waals surface area contributed by atoms with Gasteiger partial charge in [-0.25, -0.2) is 4.98 Å². The highest BCUT2D eigenvalue weighted by Crippen LogP contribution is 2.39. The van der Waals surface area contributed by atoms with Crippen LogP contribution in [-0.2, 0) is 13.8 Å². The summed E-state index contributed by atoms with van der Waals surface area (Å²) in [5, 5.41) is 19.9. The van der Waals surface area contributed by atoms with Crippen molar-refractivity contribution in [3.63, 3.8) is 0 Å². The van der Waals surface area contributed by atoms with Crippen LogP contribution in [0, 0.1) is 0 Å². The van der Waals surface area contributed by atoms with Crippen molar-refractivity contribution in [1.82, 2.24) is 9.55 Å². The fourth-order valence-electron chi connectivity index (χ4n) is 2.07. The number of hydrogen-bond donors (Lipinski definition) is 5. The number of aliphatic hydroxyl groups excluding tert-OH is 2. The van der Waals surface area contributed by atoms with E-state index in [2.05, 4.69) is 9.51 Å². The first-order chi connectivity index (χ1) is 10.1. The summed E-state index contributed by atoms with van der Waals surface area (Å²) in [5.41, 5.74) is 10.6. The number of primary amides is 1. The zero-order chi connectivity index (χ0) is 16.7. The van der Waals surface area contributed by atoms with Crippen molar-refractivity contribution >= 4 is 19.3 Å². The first kappa shape index (κ1) is 16.9. The molecular weight excluding hydrogens is 319 g/mol. The average Bonchev–Trinajstić information content (AvgIpc) is 2.90. The van der Waals surface area contributed by atoms with Gasteiger partial charge in [-0.15, -0.1) is 0 Å². The van der Waals surface area contributed by atoms with E-state index in [-0.39, 0.29) is 11.5 Å². The quantitative estimate of drug-likeness (QED) is 0.380. The van der Waals surface area contributed by atoms with Gasteiger partial charge < -0.3 is 35.8 Å². The molecule has 0 spiro atoms. The molecular formula is C10H17N4O7P. The second-order valence-electron chi connectivity index (χ2n) is 4.89. The standard InChI is InChI=1S/C10H17N4O7P/c1-22(18,19)20-2-4-6(15)7(16)10(21-4)14-3-13-5(8(14)11)9(12)17/h3-4,6-7,10,15-16H,2,11H2,1H3,(H2,12,17)(H,18,19)/t4-,6-,7-,10-/m1/s1. The Morgan fingerprint density at radius 3 is 2.68 bits per heavy atom. The van der Waals surface area contributed by atoms with Gasteiger partial charge in [-0.2, -0.15) is 0 Å². The third-order valence-electron chi connectivity index (χ3n) is 3.16. The molecule has 0 radical (unpaired) electrons. The van der Waals surface area contributed by atoms with Crippen LogP contribution in [0.15, 0.2) is 6.33 Å². The molecule has 11 nitrogen and oxygen atoms in total. The van der Waals surface area contributed by atoms with Crippen LogP contribution in [0.5, 0.6) is 0 Å². The number of carbonyl (C=O) groups excluding carboxylic acids is 1. The molecule has 2 rings (SSSR count). The maximum Gasteiger partial charge on any atom is 0.325 e. The molecule has 12 heteroatoms. The smallest absolute Gasteiger partial charge is 0.325 e. The SMILES string of the molecule is CP(=O)(O)OC[C@H]1O[C@@H](n2cnc(C(N)=O)c2N)[C@H](O)[C@@H]1O. The van der Waals surface area contributed by atoms with Crippen LogP contribution in [0.1, 0.15) is 16.7 Å². The van der Waals surface area contributed by atoms with Crippen LogP contribution < -0.4 is 11.5 Å². The second-order valence-corrected chi connectivity index (χ2v) is 6.76. The molecule has 1 amide bonds. The molecule has 22 heavy (non-hydrogen) atoms. The molecule has 124 valence electrons. The Bertz CT molecular complexity index is 614. The molecule has 1 saturated heterocycles. The highest BCUT2D eigenvalue weighted by Gasteiger charge is 2.45. The normalized spacial score (nSPS) is 31.1. The summed E-state index contributed by atoms with van der Waals surface area (Å²) in [6.45, 7) is 0.575. The van der Waals surface area contributed by atoms with Crippen molar-refractivity contribution in [3.8, 4) is 0 Å². The van der Waals surface area contributed by atoms with E-state index in [1.165, 1.54) is 0 Å². The Hall–Kier alpha value is -1.49. The van der Waals surface area contributed by atoms with Gasteiger partial charge in [-0.3, -0.25) is 13.9 Å². The summed E-state index contributed by atoms with van der Waals surface area (Å²) >= 11 is 0. The zero-order valence-corrected chi connectivity index (χ0v) is 12.5. The lowest BCUT2D eigenvalue weighted by Gasteiger charge is -2.17. The second kappa shape index (κ2) is 5.95. The van der Waals surface area contributed by atoms with Crippen molar-refractivity contribution in [2.75, 3.05) is 19.0 Å². The number of carbonyl (C=O) groups is 1. The Balaban J connectivity index is 2.16. The van der Waals surface area contributed by atoms with Crippen LogP contribution >= 0.6 is 7.60 Å². The number of anilines is 1. The van der Waals surface area contributed by atoms with Gasteiger partial charge >= 0.3 is 7.60 Å². The number of hydrogen-bond acceptors (Lipinski definition) is 8. The van der Waals surface area contributed by atoms with Crippen LogP contribution in [0.4, 0.5) is 5.82 Å². The van der Waals surface area contributed by atoms with Crippen molar-refractivity contribution < 1.29 is 33.7 Å². The monoisotopic (exact) mass is 336 g/mol. The lowest BCUT2D eigenvalue weighted by molar-refractivity contribution is -0.0490.